The van der Waals surface area contributed by atoms with E-state index in [4.69, 9.17) is 22.2 Å². The maximum absolute atomic E-state index is 5.79. The van der Waals surface area contributed by atoms with E-state index >= 15 is 0 Å². The van der Waals surface area contributed by atoms with Gasteiger partial charge in [-0.3, -0.25) is 5.43 Å². The second-order valence-corrected chi connectivity index (χ2v) is 3.68. The summed E-state index contributed by atoms with van der Waals surface area (Å²) in [5.41, 5.74) is 3.12. The number of nitrogens with one attached hydrogen (secondary N) is 2. The van der Waals surface area contributed by atoms with Gasteiger partial charge in [0.2, 0.25) is 11.9 Å². The van der Waals surface area contributed by atoms with Crippen LogP contribution in [0.1, 0.15) is 0 Å². The predicted molar refractivity (Wildman–Crippen MR) is 68.9 cm³/mol. The SMILES string of the molecule is COc1nc(NN)nc(Nc2ccc(Cl)cc2)n1. The first-order valence-corrected chi connectivity index (χ1v) is 5.38. The minimum Gasteiger partial charge on any atom is -0.467 e. The highest BCUT2D eigenvalue weighted by molar-refractivity contribution is 6.30. The maximum Gasteiger partial charge on any atom is 0.322 e. The minimum atomic E-state index is 0.161. The van der Waals surface area contributed by atoms with E-state index in [0.29, 0.717) is 11.0 Å². The maximum atomic E-state index is 5.79. The van der Waals surface area contributed by atoms with Crippen LogP contribution in [0.2, 0.25) is 5.02 Å². The van der Waals surface area contributed by atoms with Crippen LogP contribution in [0.5, 0.6) is 6.01 Å². The van der Waals surface area contributed by atoms with Crippen LogP contribution in [0, 0.1) is 0 Å². The number of ether oxygens (including phenoxy) is 1. The molecule has 0 saturated heterocycles. The third kappa shape index (κ3) is 2.96. The average Bonchev–Trinajstić information content (AvgIpc) is 2.41. The van der Waals surface area contributed by atoms with Gasteiger partial charge in [-0.15, -0.1) is 0 Å². The Balaban J connectivity index is 2.25. The van der Waals surface area contributed by atoms with Gasteiger partial charge in [-0.05, 0) is 24.3 Å². The number of nitrogens with zero attached hydrogens (tertiary/aromatic N) is 3. The number of rotatable bonds is 4. The predicted octanol–water partition coefficient (Wildman–Crippen LogP) is 1.56. The van der Waals surface area contributed by atoms with Gasteiger partial charge in [0, 0.05) is 10.7 Å². The molecule has 18 heavy (non-hydrogen) atoms. The number of aromatic nitrogens is 3. The number of hydrogen-bond acceptors (Lipinski definition) is 7. The molecule has 4 N–H and O–H groups in total. The highest BCUT2D eigenvalue weighted by Crippen LogP contribution is 2.18. The molecule has 94 valence electrons. The Hall–Kier alpha value is -2.12. The van der Waals surface area contributed by atoms with E-state index in [2.05, 4.69) is 25.7 Å². The molecule has 0 aliphatic heterocycles. The third-order valence-corrected chi connectivity index (χ3v) is 2.28. The van der Waals surface area contributed by atoms with Gasteiger partial charge in [0.05, 0.1) is 7.11 Å². The minimum absolute atomic E-state index is 0.161. The Morgan fingerprint density at radius 3 is 2.39 bits per heavy atom. The smallest absolute Gasteiger partial charge is 0.322 e. The normalized spacial score (nSPS) is 9.94. The quantitative estimate of drug-likeness (QED) is 0.571. The zero-order valence-corrected chi connectivity index (χ0v) is 10.3. The van der Waals surface area contributed by atoms with Crippen molar-refractivity contribution < 1.29 is 4.74 Å². The molecule has 0 unspecified atom stereocenters. The molecule has 0 spiro atoms. The molecule has 1 heterocycles. The molecule has 0 radical (unpaired) electrons. The van der Waals surface area contributed by atoms with Gasteiger partial charge < -0.3 is 10.1 Å². The lowest BCUT2D eigenvalue weighted by Gasteiger charge is -2.07. The molecule has 1 aromatic carbocycles. The van der Waals surface area contributed by atoms with Crippen LogP contribution < -0.4 is 21.3 Å². The second-order valence-electron chi connectivity index (χ2n) is 3.25. The molecule has 8 heteroatoms. The highest BCUT2D eigenvalue weighted by atomic mass is 35.5. The number of nitrogen functional groups attached to an aromatic ring is 1. The Labute approximate surface area is 108 Å². The number of anilines is 3. The number of hydrazine groups is 1. The number of nitrogens with two attached hydrogens (primary N) is 1. The van der Waals surface area contributed by atoms with E-state index in [9.17, 15) is 0 Å². The van der Waals surface area contributed by atoms with Gasteiger partial charge in [0.25, 0.3) is 0 Å². The summed E-state index contributed by atoms with van der Waals surface area (Å²) < 4.78 is 4.94. The molecule has 0 bridgehead atoms. The fraction of sp³-hybridized carbons (Fsp3) is 0.100. The first-order valence-electron chi connectivity index (χ1n) is 5.00. The van der Waals surface area contributed by atoms with Crippen LogP contribution in [0.25, 0.3) is 0 Å². The average molecular weight is 267 g/mol. The summed E-state index contributed by atoms with van der Waals surface area (Å²) in [6, 6.07) is 7.27. The van der Waals surface area contributed by atoms with E-state index in [-0.39, 0.29) is 12.0 Å². The molecule has 0 aliphatic carbocycles. The van der Waals surface area contributed by atoms with Crippen molar-refractivity contribution in [3.63, 3.8) is 0 Å². The van der Waals surface area contributed by atoms with Gasteiger partial charge in [-0.1, -0.05) is 11.6 Å². The van der Waals surface area contributed by atoms with Gasteiger partial charge in [-0.25, -0.2) is 5.84 Å². The zero-order chi connectivity index (χ0) is 13.0. The molecular formula is C10H11ClN6O. The molecule has 1 aromatic heterocycles. The molecule has 2 aromatic rings. The lowest BCUT2D eigenvalue weighted by atomic mass is 10.3. The second kappa shape index (κ2) is 5.48. The molecule has 0 amide bonds. The standard InChI is InChI=1S/C10H11ClN6O/c1-18-10-15-8(14-9(16-10)17-12)13-7-4-2-6(11)3-5-7/h2-5H,12H2,1H3,(H2,13,14,15,16,17). The first kappa shape index (κ1) is 12.3. The van der Waals surface area contributed by atoms with Crippen molar-refractivity contribution in [1.82, 2.24) is 15.0 Å². The van der Waals surface area contributed by atoms with Crippen LogP contribution in [0.4, 0.5) is 17.6 Å². The summed E-state index contributed by atoms with van der Waals surface area (Å²) in [6.45, 7) is 0. The highest BCUT2D eigenvalue weighted by Gasteiger charge is 2.06. The zero-order valence-electron chi connectivity index (χ0n) is 9.51. The summed E-state index contributed by atoms with van der Waals surface area (Å²) in [6.07, 6.45) is 0. The fourth-order valence-electron chi connectivity index (χ4n) is 1.23. The van der Waals surface area contributed by atoms with Crippen molar-refractivity contribution in [1.29, 1.82) is 0 Å². The molecule has 0 atom stereocenters. The monoisotopic (exact) mass is 266 g/mol. The lowest BCUT2D eigenvalue weighted by molar-refractivity contribution is 0.379. The number of methoxy groups -OCH3 is 1. The number of benzene rings is 1. The Morgan fingerprint density at radius 1 is 1.11 bits per heavy atom. The summed E-state index contributed by atoms with van der Waals surface area (Å²) in [5.74, 6) is 5.78. The number of hydrogen-bond donors (Lipinski definition) is 3. The molecular weight excluding hydrogens is 256 g/mol. The van der Waals surface area contributed by atoms with Gasteiger partial charge in [0.1, 0.15) is 0 Å². The summed E-state index contributed by atoms with van der Waals surface area (Å²) in [5, 5.41) is 3.64. The van der Waals surface area contributed by atoms with Crippen molar-refractivity contribution in [2.45, 2.75) is 0 Å². The summed E-state index contributed by atoms with van der Waals surface area (Å²) in [7, 11) is 1.46. The van der Waals surface area contributed by atoms with Gasteiger partial charge in [0.15, 0.2) is 0 Å². The van der Waals surface area contributed by atoms with Gasteiger partial charge in [-0.2, -0.15) is 15.0 Å². The van der Waals surface area contributed by atoms with Crippen molar-refractivity contribution in [2.24, 2.45) is 5.84 Å². The van der Waals surface area contributed by atoms with E-state index in [1.54, 1.807) is 24.3 Å². The van der Waals surface area contributed by atoms with Crippen LogP contribution in [0.3, 0.4) is 0 Å². The van der Waals surface area contributed by atoms with E-state index in [0.717, 1.165) is 5.69 Å². The first-order chi connectivity index (χ1) is 8.71. The van der Waals surface area contributed by atoms with E-state index < -0.39 is 0 Å². The molecule has 0 fully saturated rings. The van der Waals surface area contributed by atoms with Crippen LogP contribution in [0.15, 0.2) is 24.3 Å². The summed E-state index contributed by atoms with van der Waals surface area (Å²) in [4.78, 5) is 12.0. The summed E-state index contributed by atoms with van der Waals surface area (Å²) >= 11 is 5.79. The molecule has 2 rings (SSSR count). The van der Waals surface area contributed by atoms with E-state index in [1.807, 2.05) is 0 Å². The Kier molecular flexibility index (Phi) is 3.75. The topological polar surface area (TPSA) is 98.0 Å². The van der Waals surface area contributed by atoms with Crippen LogP contribution in [-0.4, -0.2) is 22.1 Å². The fourth-order valence-corrected chi connectivity index (χ4v) is 1.36. The third-order valence-electron chi connectivity index (χ3n) is 2.03. The van der Waals surface area contributed by atoms with Crippen LogP contribution >= 0.6 is 11.6 Å². The molecule has 7 nitrogen and oxygen atoms in total. The molecule has 0 aliphatic rings. The number of halogens is 1. The van der Waals surface area contributed by atoms with Crippen molar-refractivity contribution in [3.05, 3.63) is 29.3 Å². The lowest BCUT2D eigenvalue weighted by Crippen LogP contribution is -2.13. The van der Waals surface area contributed by atoms with Crippen LogP contribution in [-0.2, 0) is 0 Å². The largest absolute Gasteiger partial charge is 0.467 e. The van der Waals surface area contributed by atoms with Gasteiger partial charge >= 0.3 is 6.01 Å². The van der Waals surface area contributed by atoms with E-state index in [1.165, 1.54) is 7.11 Å². The van der Waals surface area contributed by atoms with Crippen molar-refractivity contribution in [3.8, 4) is 6.01 Å². The van der Waals surface area contributed by atoms with Crippen molar-refractivity contribution >= 4 is 29.2 Å². The van der Waals surface area contributed by atoms with Crippen molar-refractivity contribution in [2.75, 3.05) is 17.9 Å². The Morgan fingerprint density at radius 2 is 1.78 bits per heavy atom. The molecule has 0 saturated carbocycles. The Bertz CT molecular complexity index is 510.